The van der Waals surface area contributed by atoms with Crippen LogP contribution in [0.25, 0.3) is 0 Å². The van der Waals surface area contributed by atoms with E-state index in [2.05, 4.69) is 4.98 Å². The first kappa shape index (κ1) is 10.8. The van der Waals surface area contributed by atoms with Gasteiger partial charge in [-0.15, -0.1) is 0 Å². The molecule has 1 aromatic rings. The summed E-state index contributed by atoms with van der Waals surface area (Å²) >= 11 is 5.31. The topological polar surface area (TPSA) is 42.0 Å². The molecule has 0 unspecified atom stereocenters. The summed E-state index contributed by atoms with van der Waals surface area (Å²) in [4.78, 5) is 13.3. The third-order valence-electron chi connectivity index (χ3n) is 1.30. The van der Waals surface area contributed by atoms with Crippen molar-refractivity contribution < 1.29 is 18.0 Å². The Labute approximate surface area is 81.9 Å². The van der Waals surface area contributed by atoms with Gasteiger partial charge in [0.25, 0.3) is 0 Å². The second kappa shape index (κ2) is 3.83. The highest BCUT2D eigenvalue weighted by atomic mass is 35.5. The number of carbonyl (C=O) groups excluding carboxylic acids is 1. The van der Waals surface area contributed by atoms with Crippen LogP contribution in [-0.2, 0) is 11.0 Å². The van der Waals surface area contributed by atoms with Crippen LogP contribution in [0.15, 0.2) is 12.1 Å². The van der Waals surface area contributed by atoms with E-state index in [1.807, 2.05) is 5.32 Å². The van der Waals surface area contributed by atoms with Crippen LogP contribution < -0.4 is 5.32 Å². The molecular weight excluding hydrogens is 221 g/mol. The van der Waals surface area contributed by atoms with Crippen molar-refractivity contribution in [2.24, 2.45) is 0 Å². The number of nitrogens with zero attached hydrogens (tertiary/aromatic N) is 1. The summed E-state index contributed by atoms with van der Waals surface area (Å²) < 4.78 is 36.5. The minimum Gasteiger partial charge on any atom is -0.302 e. The van der Waals surface area contributed by atoms with E-state index in [-0.39, 0.29) is 11.0 Å². The molecule has 1 rings (SSSR count). The van der Waals surface area contributed by atoms with E-state index in [4.69, 9.17) is 11.6 Å². The van der Waals surface area contributed by atoms with Crippen molar-refractivity contribution in [3.63, 3.8) is 0 Å². The zero-order valence-corrected chi connectivity index (χ0v) is 7.28. The summed E-state index contributed by atoms with van der Waals surface area (Å²) in [6.07, 6.45) is -3.32. The van der Waals surface area contributed by atoms with Gasteiger partial charge in [0.2, 0.25) is 0 Å². The molecule has 7 heteroatoms. The molecule has 1 amide bonds. The minimum atomic E-state index is -4.52. The molecule has 0 aliphatic rings. The lowest BCUT2D eigenvalue weighted by atomic mass is 10.2. The summed E-state index contributed by atoms with van der Waals surface area (Å²) in [5.41, 5.74) is -0.977. The number of anilines is 1. The largest absolute Gasteiger partial charge is 0.416 e. The molecule has 1 heterocycles. The number of halogens is 4. The third-order valence-corrected chi connectivity index (χ3v) is 1.49. The van der Waals surface area contributed by atoms with Gasteiger partial charge < -0.3 is 5.32 Å². The lowest BCUT2D eigenvalue weighted by molar-refractivity contribution is -0.137. The predicted octanol–water partition coefficient (Wildman–Crippen LogP) is 2.23. The second-order valence-corrected chi connectivity index (χ2v) is 2.68. The molecule has 14 heavy (non-hydrogen) atoms. The molecule has 1 N–H and O–H groups in total. The molecule has 0 spiro atoms. The average Bonchev–Trinajstić information content (AvgIpc) is 2.02. The van der Waals surface area contributed by atoms with Gasteiger partial charge in [0.1, 0.15) is 11.0 Å². The quantitative estimate of drug-likeness (QED) is 0.617. The van der Waals surface area contributed by atoms with Gasteiger partial charge in [-0.2, -0.15) is 13.2 Å². The molecule has 1 radical (unpaired) electrons. The molecule has 0 bridgehead atoms. The van der Waals surface area contributed by atoms with Gasteiger partial charge in [-0.05, 0) is 12.1 Å². The van der Waals surface area contributed by atoms with E-state index in [9.17, 15) is 18.0 Å². The van der Waals surface area contributed by atoms with Crippen molar-refractivity contribution in [3.8, 4) is 0 Å². The molecule has 0 aliphatic carbocycles. The molecule has 0 saturated heterocycles. The van der Waals surface area contributed by atoms with E-state index >= 15 is 0 Å². The molecule has 3 nitrogen and oxygen atoms in total. The van der Waals surface area contributed by atoms with Crippen LogP contribution in [0, 0.1) is 0 Å². The highest BCUT2D eigenvalue weighted by molar-refractivity contribution is 6.29. The smallest absolute Gasteiger partial charge is 0.302 e. The lowest BCUT2D eigenvalue weighted by Crippen LogP contribution is -2.07. The van der Waals surface area contributed by atoms with Crippen LogP contribution >= 0.6 is 11.6 Å². The Bertz CT molecular complexity index is 353. The summed E-state index contributed by atoms with van der Waals surface area (Å²) in [6, 6.07) is 1.33. The first-order valence-corrected chi connectivity index (χ1v) is 3.69. The standard InChI is InChI=1S/C7H3ClF3N2O/c8-5-1-4(7(9,10)11)2-6(13-5)12-3-14/h1-2H,(H,12,13,14). The van der Waals surface area contributed by atoms with Crippen molar-refractivity contribution >= 4 is 23.8 Å². The average molecular weight is 224 g/mol. The number of hydrogen-bond donors (Lipinski definition) is 1. The summed E-state index contributed by atoms with van der Waals surface area (Å²) in [5.74, 6) is -0.292. The van der Waals surface area contributed by atoms with Crippen molar-refractivity contribution in [2.45, 2.75) is 6.18 Å². The maximum Gasteiger partial charge on any atom is 0.416 e. The Balaban J connectivity index is 3.13. The Morgan fingerprint density at radius 2 is 2.07 bits per heavy atom. The zero-order chi connectivity index (χ0) is 10.8. The lowest BCUT2D eigenvalue weighted by Gasteiger charge is -2.07. The van der Waals surface area contributed by atoms with E-state index < -0.39 is 11.7 Å². The van der Waals surface area contributed by atoms with E-state index in [1.54, 1.807) is 0 Å². The van der Waals surface area contributed by atoms with E-state index in [0.717, 1.165) is 0 Å². The molecule has 0 fully saturated rings. The predicted molar refractivity (Wildman–Crippen MR) is 43.6 cm³/mol. The Hall–Kier alpha value is -1.30. The van der Waals surface area contributed by atoms with Gasteiger partial charge in [0.05, 0.1) is 5.56 Å². The number of alkyl halides is 3. The number of nitrogens with one attached hydrogen (secondary N) is 1. The number of rotatable bonds is 2. The zero-order valence-electron chi connectivity index (χ0n) is 6.52. The third kappa shape index (κ3) is 2.59. The first-order valence-electron chi connectivity index (χ1n) is 3.31. The number of aromatic nitrogens is 1. The van der Waals surface area contributed by atoms with Crippen LogP contribution in [0.5, 0.6) is 0 Å². The summed E-state index contributed by atoms with van der Waals surface area (Å²) in [6.45, 7) is 0. The fourth-order valence-electron chi connectivity index (χ4n) is 0.777. The number of amides is 1. The molecular formula is C7H3ClF3N2O. The van der Waals surface area contributed by atoms with Gasteiger partial charge in [-0.1, -0.05) is 11.6 Å². The highest BCUT2D eigenvalue weighted by Gasteiger charge is 2.31. The van der Waals surface area contributed by atoms with Crippen LogP contribution in [0.2, 0.25) is 5.15 Å². The highest BCUT2D eigenvalue weighted by Crippen LogP contribution is 2.31. The molecule has 0 atom stereocenters. The maximum absolute atomic E-state index is 12.2. The molecule has 75 valence electrons. The second-order valence-electron chi connectivity index (χ2n) is 2.29. The van der Waals surface area contributed by atoms with Crippen molar-refractivity contribution in [3.05, 3.63) is 22.8 Å². The van der Waals surface area contributed by atoms with Gasteiger partial charge >= 0.3 is 12.6 Å². The Kier molecular flexibility index (Phi) is 2.95. The van der Waals surface area contributed by atoms with Crippen LogP contribution in [-0.4, -0.2) is 11.4 Å². The summed E-state index contributed by atoms with van der Waals surface area (Å²) in [5, 5.41) is 1.51. The molecule has 0 aromatic carbocycles. The van der Waals surface area contributed by atoms with Crippen LogP contribution in [0.4, 0.5) is 19.0 Å². The van der Waals surface area contributed by atoms with Gasteiger partial charge in [0.15, 0.2) is 0 Å². The fourth-order valence-corrected chi connectivity index (χ4v) is 0.985. The normalized spacial score (nSPS) is 11.1. The molecule has 0 saturated carbocycles. The van der Waals surface area contributed by atoms with Crippen LogP contribution in [0.1, 0.15) is 5.56 Å². The maximum atomic E-state index is 12.2. The monoisotopic (exact) mass is 223 g/mol. The van der Waals surface area contributed by atoms with Gasteiger partial charge in [-0.3, -0.25) is 4.79 Å². The molecule has 1 aromatic heterocycles. The first-order chi connectivity index (χ1) is 6.43. The summed E-state index contributed by atoms with van der Waals surface area (Å²) in [7, 11) is 0. The molecule has 0 aliphatic heterocycles. The van der Waals surface area contributed by atoms with Crippen molar-refractivity contribution in [2.75, 3.05) is 5.32 Å². The number of hydrogen-bond acceptors (Lipinski definition) is 2. The van der Waals surface area contributed by atoms with Gasteiger partial charge in [-0.25, -0.2) is 4.98 Å². The SMILES string of the molecule is O=[C]Nc1cc(C(F)(F)F)cc(Cl)n1. The fraction of sp³-hybridized carbons (Fsp3) is 0.143. The Morgan fingerprint density at radius 1 is 1.43 bits per heavy atom. The van der Waals surface area contributed by atoms with Crippen molar-refractivity contribution in [1.82, 2.24) is 4.98 Å². The minimum absolute atomic E-state index is 0.292. The van der Waals surface area contributed by atoms with Crippen LogP contribution in [0.3, 0.4) is 0 Å². The Morgan fingerprint density at radius 3 is 2.57 bits per heavy atom. The van der Waals surface area contributed by atoms with E-state index in [1.165, 1.54) is 6.41 Å². The van der Waals surface area contributed by atoms with Gasteiger partial charge in [0, 0.05) is 0 Å². The number of pyridine rings is 1. The van der Waals surface area contributed by atoms with E-state index in [0.29, 0.717) is 12.1 Å². The van der Waals surface area contributed by atoms with Crippen molar-refractivity contribution in [1.29, 1.82) is 0 Å².